The lowest BCUT2D eigenvalue weighted by atomic mass is 9.96. The van der Waals surface area contributed by atoms with E-state index in [9.17, 15) is 9.59 Å². The third-order valence-corrected chi connectivity index (χ3v) is 5.98. The summed E-state index contributed by atoms with van der Waals surface area (Å²) in [6.45, 7) is 7.07. The highest BCUT2D eigenvalue weighted by Gasteiger charge is 2.27. The molecule has 1 fully saturated rings. The van der Waals surface area contributed by atoms with Gasteiger partial charge in [0.15, 0.2) is 0 Å². The van der Waals surface area contributed by atoms with Crippen LogP contribution in [0.1, 0.15) is 45.2 Å². The Morgan fingerprint density at radius 1 is 1.03 bits per heavy atom. The number of fused-ring (bicyclic) bond motifs is 1. The van der Waals surface area contributed by atoms with Crippen LogP contribution in [0.25, 0.3) is 10.8 Å². The number of piperidine rings is 1. The summed E-state index contributed by atoms with van der Waals surface area (Å²) < 4.78 is 1.90. The number of anilines is 1. The monoisotopic (exact) mass is 418 g/mol. The SMILES string of the molecule is CC(C)(C)C(=O)Nc1ccnn1C1CCN(C(=O)Cc2cccc3ccccc23)CC1. The van der Waals surface area contributed by atoms with Gasteiger partial charge in [0.1, 0.15) is 5.82 Å². The first-order valence-electron chi connectivity index (χ1n) is 10.9. The second-order valence-corrected chi connectivity index (χ2v) is 9.29. The maximum atomic E-state index is 13.0. The van der Waals surface area contributed by atoms with Crippen LogP contribution in [-0.4, -0.2) is 39.6 Å². The van der Waals surface area contributed by atoms with Crippen molar-refractivity contribution < 1.29 is 9.59 Å². The number of rotatable bonds is 4. The van der Waals surface area contributed by atoms with Gasteiger partial charge in [-0.3, -0.25) is 9.59 Å². The number of nitrogens with one attached hydrogen (secondary N) is 1. The van der Waals surface area contributed by atoms with Crippen LogP contribution in [0.3, 0.4) is 0 Å². The van der Waals surface area contributed by atoms with Gasteiger partial charge in [0.25, 0.3) is 0 Å². The molecule has 2 amide bonds. The topological polar surface area (TPSA) is 67.2 Å². The number of benzene rings is 2. The molecule has 1 aromatic heterocycles. The number of nitrogens with zero attached hydrogens (tertiary/aromatic N) is 3. The number of aromatic nitrogens is 2. The minimum Gasteiger partial charge on any atom is -0.342 e. The molecule has 1 N–H and O–H groups in total. The van der Waals surface area contributed by atoms with E-state index in [0.29, 0.717) is 19.5 Å². The lowest BCUT2D eigenvalue weighted by Gasteiger charge is -2.33. The van der Waals surface area contributed by atoms with Gasteiger partial charge in [-0.1, -0.05) is 63.2 Å². The van der Waals surface area contributed by atoms with Crippen LogP contribution in [0.15, 0.2) is 54.7 Å². The molecule has 1 aliphatic rings. The Balaban J connectivity index is 1.39. The minimum atomic E-state index is -0.466. The second-order valence-electron chi connectivity index (χ2n) is 9.29. The summed E-state index contributed by atoms with van der Waals surface area (Å²) in [5, 5.41) is 9.74. The van der Waals surface area contributed by atoms with Crippen LogP contribution in [0.2, 0.25) is 0 Å². The lowest BCUT2D eigenvalue weighted by molar-refractivity contribution is -0.131. The van der Waals surface area contributed by atoms with Crippen LogP contribution in [0.5, 0.6) is 0 Å². The molecule has 4 rings (SSSR count). The molecule has 0 saturated carbocycles. The van der Waals surface area contributed by atoms with Gasteiger partial charge < -0.3 is 10.2 Å². The van der Waals surface area contributed by atoms with Gasteiger partial charge >= 0.3 is 0 Å². The molecule has 6 nitrogen and oxygen atoms in total. The van der Waals surface area contributed by atoms with Crippen LogP contribution in [0, 0.1) is 5.41 Å². The van der Waals surface area contributed by atoms with E-state index in [1.54, 1.807) is 6.20 Å². The van der Waals surface area contributed by atoms with Crippen molar-refractivity contribution in [2.75, 3.05) is 18.4 Å². The van der Waals surface area contributed by atoms with Gasteiger partial charge in [-0.2, -0.15) is 5.10 Å². The smallest absolute Gasteiger partial charge is 0.230 e. The Labute approximate surface area is 183 Å². The maximum Gasteiger partial charge on any atom is 0.230 e. The Hall–Kier alpha value is -3.15. The summed E-state index contributed by atoms with van der Waals surface area (Å²) in [5.74, 6) is 0.855. The van der Waals surface area contributed by atoms with Crippen molar-refractivity contribution in [3.05, 3.63) is 60.3 Å². The molecule has 31 heavy (non-hydrogen) atoms. The van der Waals surface area contributed by atoms with Gasteiger partial charge in [-0.05, 0) is 29.2 Å². The summed E-state index contributed by atoms with van der Waals surface area (Å²) in [6, 6.07) is 16.3. The van der Waals surface area contributed by atoms with Crippen molar-refractivity contribution in [3.63, 3.8) is 0 Å². The Morgan fingerprint density at radius 3 is 2.48 bits per heavy atom. The maximum absolute atomic E-state index is 13.0. The van der Waals surface area contributed by atoms with E-state index in [1.165, 1.54) is 0 Å². The molecule has 6 heteroatoms. The van der Waals surface area contributed by atoms with Gasteiger partial charge in [0, 0.05) is 24.6 Å². The molecule has 0 aliphatic carbocycles. The molecule has 2 heterocycles. The molecule has 0 unspecified atom stereocenters. The molecule has 1 aliphatic heterocycles. The zero-order chi connectivity index (χ0) is 22.0. The van der Waals surface area contributed by atoms with Crippen LogP contribution in [0.4, 0.5) is 5.82 Å². The van der Waals surface area contributed by atoms with Gasteiger partial charge in [-0.15, -0.1) is 0 Å². The van der Waals surface area contributed by atoms with Crippen molar-refractivity contribution in [2.24, 2.45) is 5.41 Å². The summed E-state index contributed by atoms with van der Waals surface area (Å²) in [7, 11) is 0. The zero-order valence-corrected chi connectivity index (χ0v) is 18.5. The highest BCUT2D eigenvalue weighted by molar-refractivity contribution is 5.93. The molecule has 0 bridgehead atoms. The van der Waals surface area contributed by atoms with Crippen molar-refractivity contribution in [1.29, 1.82) is 0 Å². The standard InChI is InChI=1S/C25H30N4O2/c1-25(2,3)24(31)27-22-11-14-26-29(22)20-12-15-28(16-13-20)23(30)17-19-9-6-8-18-7-4-5-10-21(18)19/h4-11,14,20H,12-13,15-17H2,1-3H3,(H,27,31). The largest absolute Gasteiger partial charge is 0.342 e. The third kappa shape index (κ3) is 4.63. The predicted octanol–water partition coefficient (Wildman–Crippen LogP) is 4.43. The van der Waals surface area contributed by atoms with Crippen molar-refractivity contribution >= 4 is 28.4 Å². The molecule has 1 saturated heterocycles. The fourth-order valence-corrected chi connectivity index (χ4v) is 4.09. The number of carbonyl (C=O) groups is 2. The van der Waals surface area contributed by atoms with Crippen LogP contribution in [-0.2, 0) is 16.0 Å². The average molecular weight is 419 g/mol. The highest BCUT2D eigenvalue weighted by atomic mass is 16.2. The van der Waals surface area contributed by atoms with Gasteiger partial charge in [0.2, 0.25) is 11.8 Å². The van der Waals surface area contributed by atoms with E-state index >= 15 is 0 Å². The number of amides is 2. The van der Waals surface area contributed by atoms with E-state index < -0.39 is 5.41 Å². The third-order valence-electron chi connectivity index (χ3n) is 5.98. The van der Waals surface area contributed by atoms with E-state index in [-0.39, 0.29) is 17.9 Å². The predicted molar refractivity (Wildman–Crippen MR) is 123 cm³/mol. The number of hydrogen-bond donors (Lipinski definition) is 1. The first-order valence-corrected chi connectivity index (χ1v) is 10.9. The molecular formula is C25H30N4O2. The Kier molecular flexibility index (Phi) is 5.81. The van der Waals surface area contributed by atoms with Crippen molar-refractivity contribution in [3.8, 4) is 0 Å². The fourth-order valence-electron chi connectivity index (χ4n) is 4.09. The second kappa shape index (κ2) is 8.53. The van der Waals surface area contributed by atoms with E-state index in [1.807, 2.05) is 60.7 Å². The normalized spacial score (nSPS) is 15.3. The zero-order valence-electron chi connectivity index (χ0n) is 18.5. The van der Waals surface area contributed by atoms with Crippen molar-refractivity contribution in [2.45, 2.75) is 46.1 Å². The lowest BCUT2D eigenvalue weighted by Crippen LogP contribution is -2.40. The fraction of sp³-hybridized carbons (Fsp3) is 0.400. The van der Waals surface area contributed by atoms with Crippen LogP contribution >= 0.6 is 0 Å². The molecule has 3 aromatic rings. The molecular weight excluding hydrogens is 388 g/mol. The first kappa shape index (κ1) is 21.1. The Morgan fingerprint density at radius 2 is 1.74 bits per heavy atom. The summed E-state index contributed by atoms with van der Waals surface area (Å²) >= 11 is 0. The van der Waals surface area contributed by atoms with E-state index in [2.05, 4.69) is 28.6 Å². The van der Waals surface area contributed by atoms with Gasteiger partial charge in [-0.25, -0.2) is 4.68 Å². The quantitative estimate of drug-likeness (QED) is 0.682. The van der Waals surface area contributed by atoms with Crippen molar-refractivity contribution in [1.82, 2.24) is 14.7 Å². The number of hydrogen-bond acceptors (Lipinski definition) is 3. The minimum absolute atomic E-state index is 0.0306. The summed E-state index contributed by atoms with van der Waals surface area (Å²) in [5.41, 5.74) is 0.608. The molecule has 162 valence electrons. The van der Waals surface area contributed by atoms with Gasteiger partial charge in [0.05, 0.1) is 18.7 Å². The first-order chi connectivity index (χ1) is 14.8. The summed E-state index contributed by atoms with van der Waals surface area (Å²) in [6.07, 6.45) is 3.78. The van der Waals surface area contributed by atoms with E-state index in [0.717, 1.165) is 35.0 Å². The average Bonchev–Trinajstić information content (AvgIpc) is 3.21. The van der Waals surface area contributed by atoms with Crippen LogP contribution < -0.4 is 5.32 Å². The molecule has 0 spiro atoms. The molecule has 2 aromatic carbocycles. The molecule has 0 atom stereocenters. The Bertz CT molecular complexity index is 1080. The molecule has 0 radical (unpaired) electrons. The highest BCUT2D eigenvalue weighted by Crippen LogP contribution is 2.27. The van der Waals surface area contributed by atoms with E-state index in [4.69, 9.17) is 0 Å². The number of likely N-dealkylation sites (tertiary alicyclic amines) is 1. The summed E-state index contributed by atoms with van der Waals surface area (Å²) in [4.78, 5) is 27.3. The number of carbonyl (C=O) groups excluding carboxylic acids is 2.